The van der Waals surface area contributed by atoms with Gasteiger partial charge in [0.15, 0.2) is 11.6 Å². The van der Waals surface area contributed by atoms with Gasteiger partial charge < -0.3 is 10.1 Å². The second-order valence-corrected chi connectivity index (χ2v) is 8.84. The molecule has 5 nitrogen and oxygen atoms in total. The summed E-state index contributed by atoms with van der Waals surface area (Å²) < 4.78 is 19.7. The number of halogens is 2. The summed E-state index contributed by atoms with van der Waals surface area (Å²) in [4.78, 5) is 28.2. The molecule has 0 spiro atoms. The van der Waals surface area contributed by atoms with Crippen molar-refractivity contribution in [3.8, 4) is 0 Å². The highest BCUT2D eigenvalue weighted by Gasteiger charge is 2.42. The van der Waals surface area contributed by atoms with Crippen molar-refractivity contribution in [2.75, 3.05) is 26.3 Å². The molecule has 0 radical (unpaired) electrons. The largest absolute Gasteiger partial charge is 0.367 e. The lowest BCUT2D eigenvalue weighted by Crippen LogP contribution is -2.47. The van der Waals surface area contributed by atoms with Gasteiger partial charge in [-0.05, 0) is 39.2 Å². The van der Waals surface area contributed by atoms with Gasteiger partial charge in [0, 0.05) is 41.5 Å². The van der Waals surface area contributed by atoms with Gasteiger partial charge in [-0.15, -0.1) is 0 Å². The summed E-state index contributed by atoms with van der Waals surface area (Å²) in [7, 11) is 0. The third kappa shape index (κ3) is 3.78. The molecule has 0 fully saturated rings. The number of Topliss-reactive ketones (excluding diaryl/α,β-unsaturated/α-hetero) is 2. The predicted octanol–water partition coefficient (Wildman–Crippen LogP) is 3.47. The summed E-state index contributed by atoms with van der Waals surface area (Å²) in [5.74, 6) is -1.08. The zero-order valence-corrected chi connectivity index (χ0v) is 18.2. The standard InChI is InChI=1S/C24H20BrFN2O3/c25-16-8-15(6-7-17(16)26)22-23-18(27-19-12-31-13-21(30)24(19)22)10-28(11-20(23)29)9-14-4-2-1-3-5-14/h1-8,22,27H,9-13H2. The van der Waals surface area contributed by atoms with E-state index in [-0.39, 0.29) is 37.1 Å². The first-order valence-electron chi connectivity index (χ1n) is 10.1. The molecule has 3 aliphatic rings. The maximum atomic E-state index is 13.9. The molecule has 1 atom stereocenters. The molecule has 0 saturated heterocycles. The molecule has 0 saturated carbocycles. The number of ketones is 2. The first kappa shape index (κ1) is 20.3. The van der Waals surface area contributed by atoms with Crippen molar-refractivity contribution in [3.63, 3.8) is 0 Å². The Bertz CT molecular complexity index is 1140. The number of benzene rings is 2. The van der Waals surface area contributed by atoms with Gasteiger partial charge in [0.25, 0.3) is 0 Å². The van der Waals surface area contributed by atoms with Crippen LogP contribution < -0.4 is 5.32 Å². The molecule has 0 aromatic heterocycles. The van der Waals surface area contributed by atoms with Crippen molar-refractivity contribution in [1.82, 2.24) is 10.2 Å². The summed E-state index contributed by atoms with van der Waals surface area (Å²) in [6.45, 7) is 1.74. The Kier molecular flexibility index (Phi) is 5.33. The van der Waals surface area contributed by atoms with Gasteiger partial charge in [0.2, 0.25) is 0 Å². The van der Waals surface area contributed by atoms with Crippen LogP contribution in [0.2, 0.25) is 0 Å². The molecule has 3 aliphatic heterocycles. The Morgan fingerprint density at radius 2 is 1.77 bits per heavy atom. The van der Waals surface area contributed by atoms with Gasteiger partial charge in [-0.2, -0.15) is 0 Å². The van der Waals surface area contributed by atoms with E-state index in [0.29, 0.717) is 34.4 Å². The van der Waals surface area contributed by atoms with E-state index in [1.807, 2.05) is 30.3 Å². The predicted molar refractivity (Wildman–Crippen MR) is 117 cm³/mol. The second kappa shape index (κ2) is 8.15. The van der Waals surface area contributed by atoms with Gasteiger partial charge in [0.1, 0.15) is 12.4 Å². The molecule has 1 N–H and O–H groups in total. The fourth-order valence-corrected chi connectivity index (χ4v) is 4.97. The Morgan fingerprint density at radius 3 is 2.55 bits per heavy atom. The van der Waals surface area contributed by atoms with Gasteiger partial charge in [-0.3, -0.25) is 14.5 Å². The summed E-state index contributed by atoms with van der Waals surface area (Å²) in [5.41, 5.74) is 4.47. The van der Waals surface area contributed by atoms with E-state index >= 15 is 0 Å². The molecule has 2 aromatic rings. The number of carbonyl (C=O) groups excluding carboxylic acids is 2. The maximum absolute atomic E-state index is 13.9. The summed E-state index contributed by atoms with van der Waals surface area (Å²) in [6.07, 6.45) is 0. The zero-order valence-electron chi connectivity index (χ0n) is 16.7. The highest BCUT2D eigenvalue weighted by molar-refractivity contribution is 9.10. The van der Waals surface area contributed by atoms with Crippen LogP contribution >= 0.6 is 15.9 Å². The zero-order chi connectivity index (χ0) is 21.5. The molecule has 3 heterocycles. The van der Waals surface area contributed by atoms with Crippen LogP contribution in [0, 0.1) is 5.82 Å². The van der Waals surface area contributed by atoms with Crippen molar-refractivity contribution in [1.29, 1.82) is 0 Å². The third-order valence-corrected chi connectivity index (χ3v) is 6.49. The minimum atomic E-state index is -0.522. The van der Waals surface area contributed by atoms with Crippen LogP contribution in [0.1, 0.15) is 17.0 Å². The number of dihydropyridines is 1. The number of ether oxygens (including phenoxy) is 1. The topological polar surface area (TPSA) is 58.6 Å². The highest BCUT2D eigenvalue weighted by atomic mass is 79.9. The Balaban J connectivity index is 1.56. The molecule has 1 unspecified atom stereocenters. The first-order valence-corrected chi connectivity index (χ1v) is 10.9. The van der Waals surface area contributed by atoms with Crippen LogP contribution in [0.15, 0.2) is 75.5 Å². The number of carbonyl (C=O) groups is 2. The SMILES string of the molecule is O=C1COCC2=C1C(c1ccc(F)c(Br)c1)C1=C(CN(Cc3ccccc3)CC1=O)N2. The fraction of sp³-hybridized carbons (Fsp3) is 0.250. The van der Waals surface area contributed by atoms with Crippen molar-refractivity contribution in [2.45, 2.75) is 12.5 Å². The van der Waals surface area contributed by atoms with Crippen LogP contribution in [-0.4, -0.2) is 42.8 Å². The van der Waals surface area contributed by atoms with E-state index in [4.69, 9.17) is 4.74 Å². The fourth-order valence-electron chi connectivity index (χ4n) is 4.58. The van der Waals surface area contributed by atoms with Crippen molar-refractivity contribution in [3.05, 3.63) is 92.5 Å². The molecule has 5 rings (SSSR count). The van der Waals surface area contributed by atoms with E-state index in [1.165, 1.54) is 6.07 Å². The molecular weight excluding hydrogens is 463 g/mol. The highest BCUT2D eigenvalue weighted by Crippen LogP contribution is 2.42. The molecule has 158 valence electrons. The monoisotopic (exact) mass is 482 g/mol. The quantitative estimate of drug-likeness (QED) is 0.725. The van der Waals surface area contributed by atoms with Gasteiger partial charge in [-0.1, -0.05) is 36.4 Å². The number of nitrogens with one attached hydrogen (secondary N) is 1. The normalized spacial score (nSPS) is 21.7. The molecule has 0 amide bonds. The Labute approximate surface area is 187 Å². The molecule has 0 aliphatic carbocycles. The van der Waals surface area contributed by atoms with Crippen molar-refractivity contribution >= 4 is 27.5 Å². The van der Waals surface area contributed by atoms with E-state index in [0.717, 1.165) is 16.8 Å². The van der Waals surface area contributed by atoms with Gasteiger partial charge >= 0.3 is 0 Å². The molecule has 31 heavy (non-hydrogen) atoms. The molecule has 2 aromatic carbocycles. The first-order chi connectivity index (χ1) is 15.0. The number of rotatable bonds is 3. The maximum Gasteiger partial charge on any atom is 0.187 e. The van der Waals surface area contributed by atoms with Crippen molar-refractivity contribution in [2.24, 2.45) is 0 Å². The van der Waals surface area contributed by atoms with Crippen LogP contribution in [0.3, 0.4) is 0 Å². The summed E-state index contributed by atoms with van der Waals surface area (Å²) >= 11 is 3.24. The molecule has 0 bridgehead atoms. The smallest absolute Gasteiger partial charge is 0.187 e. The lowest BCUT2D eigenvalue weighted by atomic mass is 9.75. The van der Waals surface area contributed by atoms with E-state index in [1.54, 1.807) is 12.1 Å². The van der Waals surface area contributed by atoms with Crippen LogP contribution in [0.4, 0.5) is 4.39 Å². The molecular formula is C24H20BrFN2O3. The van der Waals surface area contributed by atoms with Crippen LogP contribution in [0.25, 0.3) is 0 Å². The third-order valence-electron chi connectivity index (χ3n) is 5.88. The average molecular weight is 483 g/mol. The van der Waals surface area contributed by atoms with E-state index in [9.17, 15) is 14.0 Å². The Morgan fingerprint density at radius 1 is 1.00 bits per heavy atom. The van der Waals surface area contributed by atoms with Crippen LogP contribution in [-0.2, 0) is 20.9 Å². The minimum Gasteiger partial charge on any atom is -0.367 e. The Hall–Kier alpha value is -2.61. The number of hydrogen-bond acceptors (Lipinski definition) is 5. The lowest BCUT2D eigenvalue weighted by molar-refractivity contribution is -0.121. The summed E-state index contributed by atoms with van der Waals surface area (Å²) in [6, 6.07) is 14.7. The average Bonchev–Trinajstić information content (AvgIpc) is 2.75. The lowest BCUT2D eigenvalue weighted by Gasteiger charge is -2.40. The second-order valence-electron chi connectivity index (χ2n) is 7.99. The van der Waals surface area contributed by atoms with Crippen molar-refractivity contribution < 1.29 is 18.7 Å². The van der Waals surface area contributed by atoms with Crippen LogP contribution in [0.5, 0.6) is 0 Å². The summed E-state index contributed by atoms with van der Waals surface area (Å²) in [5, 5.41) is 3.32. The van der Waals surface area contributed by atoms with Gasteiger partial charge in [-0.25, -0.2) is 4.39 Å². The number of hydrogen-bond donors (Lipinski definition) is 1. The van der Waals surface area contributed by atoms with Gasteiger partial charge in [0.05, 0.1) is 17.6 Å². The minimum absolute atomic E-state index is 0.0175. The number of nitrogens with zero attached hydrogens (tertiary/aromatic N) is 1. The van der Waals surface area contributed by atoms with E-state index < -0.39 is 5.92 Å². The molecule has 7 heteroatoms. The van der Waals surface area contributed by atoms with E-state index in [2.05, 4.69) is 26.1 Å².